The first kappa shape index (κ1) is 13.6. The van der Waals surface area contributed by atoms with Gasteiger partial charge in [0.2, 0.25) is 0 Å². The quantitative estimate of drug-likeness (QED) is 0.848. The molecule has 3 heterocycles. The number of carbonyl (C=O) groups is 1. The topological polar surface area (TPSA) is 70.9 Å². The Morgan fingerprint density at radius 1 is 1.41 bits per heavy atom. The van der Waals surface area contributed by atoms with Crippen LogP contribution in [0.2, 0.25) is 0 Å². The number of nitrogens with one attached hydrogen (secondary N) is 2. The number of rotatable bonds is 1. The third-order valence-electron chi connectivity index (χ3n) is 5.12. The number of aromatic nitrogens is 2. The van der Waals surface area contributed by atoms with Crippen molar-refractivity contribution in [2.75, 3.05) is 5.32 Å². The minimum Gasteiger partial charge on any atom is -0.472 e. The lowest BCUT2D eigenvalue weighted by Gasteiger charge is -2.45. The number of hydrogen-bond acceptors (Lipinski definition) is 4. The van der Waals surface area contributed by atoms with Gasteiger partial charge in [-0.3, -0.25) is 9.89 Å². The van der Waals surface area contributed by atoms with E-state index in [4.69, 9.17) is 4.42 Å². The second-order valence-electron chi connectivity index (χ2n) is 7.43. The standard InChI is InChI=1S/C17H21N3O2/c1-9-13-14(10-4-5-22-8-10)15-11(18-16(13)20-19-9)6-17(2,3)7-12(15)21/h4-5,8,11,14-15H,6-7H2,1-3H3,(H2,18,19,20). The van der Waals surface area contributed by atoms with E-state index in [2.05, 4.69) is 29.4 Å². The zero-order valence-corrected chi connectivity index (χ0v) is 13.1. The largest absolute Gasteiger partial charge is 0.472 e. The first-order chi connectivity index (χ1) is 10.5. The van der Waals surface area contributed by atoms with E-state index in [0.29, 0.717) is 12.2 Å². The lowest BCUT2D eigenvalue weighted by Crippen LogP contribution is -2.49. The molecular weight excluding hydrogens is 278 g/mol. The van der Waals surface area contributed by atoms with Crippen LogP contribution in [-0.2, 0) is 4.79 Å². The van der Waals surface area contributed by atoms with Gasteiger partial charge in [0.15, 0.2) is 5.82 Å². The fourth-order valence-corrected chi connectivity index (χ4v) is 4.28. The monoisotopic (exact) mass is 299 g/mol. The Hall–Kier alpha value is -2.04. The highest BCUT2D eigenvalue weighted by molar-refractivity contribution is 5.87. The van der Waals surface area contributed by atoms with Gasteiger partial charge in [0.05, 0.1) is 12.5 Å². The maximum Gasteiger partial charge on any atom is 0.152 e. The number of furan rings is 1. The van der Waals surface area contributed by atoms with Crippen molar-refractivity contribution in [1.29, 1.82) is 0 Å². The lowest BCUT2D eigenvalue weighted by atomic mass is 9.62. The van der Waals surface area contributed by atoms with E-state index in [1.165, 1.54) is 0 Å². The van der Waals surface area contributed by atoms with E-state index in [-0.39, 0.29) is 23.3 Å². The van der Waals surface area contributed by atoms with Gasteiger partial charge in [-0.1, -0.05) is 13.8 Å². The molecule has 1 aliphatic heterocycles. The Bertz CT molecular complexity index is 714. The summed E-state index contributed by atoms with van der Waals surface area (Å²) in [5.74, 6) is 1.21. The van der Waals surface area contributed by atoms with Crippen LogP contribution in [0.1, 0.15) is 49.4 Å². The number of H-pyrrole nitrogens is 1. The van der Waals surface area contributed by atoms with E-state index in [0.717, 1.165) is 29.1 Å². The number of aromatic amines is 1. The molecule has 0 spiro atoms. The van der Waals surface area contributed by atoms with Gasteiger partial charge in [-0.25, -0.2) is 0 Å². The molecule has 0 aromatic carbocycles. The number of fused-ring (bicyclic) bond motifs is 2. The number of anilines is 1. The number of ketones is 1. The molecule has 2 aliphatic rings. The van der Waals surface area contributed by atoms with Crippen LogP contribution in [0.5, 0.6) is 0 Å². The zero-order valence-electron chi connectivity index (χ0n) is 13.1. The summed E-state index contributed by atoms with van der Waals surface area (Å²) < 4.78 is 5.29. The molecule has 2 aromatic heterocycles. The van der Waals surface area contributed by atoms with E-state index in [1.807, 2.05) is 13.0 Å². The molecule has 3 atom stereocenters. The molecule has 2 N–H and O–H groups in total. The Morgan fingerprint density at radius 2 is 2.23 bits per heavy atom. The summed E-state index contributed by atoms with van der Waals surface area (Å²) in [6.07, 6.45) is 5.05. The Kier molecular flexibility index (Phi) is 2.77. The van der Waals surface area contributed by atoms with Crippen LogP contribution in [0.3, 0.4) is 0 Å². The van der Waals surface area contributed by atoms with E-state index in [1.54, 1.807) is 12.5 Å². The summed E-state index contributed by atoms with van der Waals surface area (Å²) in [7, 11) is 0. The summed E-state index contributed by atoms with van der Waals surface area (Å²) in [4.78, 5) is 12.9. The van der Waals surface area contributed by atoms with Crippen LogP contribution in [-0.4, -0.2) is 22.0 Å². The zero-order chi connectivity index (χ0) is 15.5. The smallest absolute Gasteiger partial charge is 0.152 e. The van der Waals surface area contributed by atoms with Gasteiger partial charge in [-0.2, -0.15) is 5.10 Å². The summed E-state index contributed by atoms with van der Waals surface area (Å²) in [6.45, 7) is 6.35. The van der Waals surface area contributed by atoms with Crippen molar-refractivity contribution in [2.24, 2.45) is 11.3 Å². The van der Waals surface area contributed by atoms with E-state index in [9.17, 15) is 4.79 Å². The van der Waals surface area contributed by atoms with Gasteiger partial charge in [-0.05, 0) is 30.4 Å². The van der Waals surface area contributed by atoms with Crippen LogP contribution in [0, 0.1) is 18.3 Å². The molecule has 22 heavy (non-hydrogen) atoms. The van der Waals surface area contributed by atoms with Crippen LogP contribution in [0.4, 0.5) is 5.82 Å². The van der Waals surface area contributed by atoms with Crippen LogP contribution in [0.15, 0.2) is 23.0 Å². The van der Waals surface area contributed by atoms with Gasteiger partial charge in [0.1, 0.15) is 5.78 Å². The van der Waals surface area contributed by atoms with Gasteiger partial charge < -0.3 is 9.73 Å². The van der Waals surface area contributed by atoms with Crippen molar-refractivity contribution >= 4 is 11.6 Å². The molecule has 116 valence electrons. The number of hydrogen-bond donors (Lipinski definition) is 2. The minimum absolute atomic E-state index is 0.0300. The Morgan fingerprint density at radius 3 is 2.95 bits per heavy atom. The van der Waals surface area contributed by atoms with Gasteiger partial charge in [0, 0.05) is 35.6 Å². The average Bonchev–Trinajstić information content (AvgIpc) is 3.05. The predicted molar refractivity (Wildman–Crippen MR) is 82.8 cm³/mol. The third-order valence-corrected chi connectivity index (χ3v) is 5.12. The van der Waals surface area contributed by atoms with Crippen molar-refractivity contribution in [3.05, 3.63) is 35.4 Å². The molecule has 3 unspecified atom stereocenters. The lowest BCUT2D eigenvalue weighted by molar-refractivity contribution is -0.128. The molecule has 5 heteroatoms. The number of aryl methyl sites for hydroxylation is 1. The first-order valence-electron chi connectivity index (χ1n) is 7.82. The number of nitrogens with zero attached hydrogens (tertiary/aromatic N) is 1. The van der Waals surface area contributed by atoms with Crippen molar-refractivity contribution < 1.29 is 9.21 Å². The molecule has 5 nitrogen and oxygen atoms in total. The predicted octanol–water partition coefficient (Wildman–Crippen LogP) is 3.24. The maximum atomic E-state index is 12.9. The molecule has 2 aromatic rings. The Labute approximate surface area is 129 Å². The normalized spacial score (nSPS) is 29.6. The van der Waals surface area contributed by atoms with Crippen LogP contribution >= 0.6 is 0 Å². The van der Waals surface area contributed by atoms with Crippen molar-refractivity contribution in [2.45, 2.75) is 45.6 Å². The fraction of sp³-hybridized carbons (Fsp3) is 0.529. The average molecular weight is 299 g/mol. The molecule has 0 saturated heterocycles. The fourth-order valence-electron chi connectivity index (χ4n) is 4.28. The summed E-state index contributed by atoms with van der Waals surface area (Å²) >= 11 is 0. The molecule has 0 amide bonds. The summed E-state index contributed by atoms with van der Waals surface area (Å²) in [6, 6.07) is 2.10. The van der Waals surface area contributed by atoms with E-state index < -0.39 is 0 Å². The number of Topliss-reactive ketones (excluding diaryl/α,β-unsaturated/α-hetero) is 1. The highest BCUT2D eigenvalue weighted by atomic mass is 16.3. The molecule has 1 saturated carbocycles. The highest BCUT2D eigenvalue weighted by Crippen LogP contribution is 2.50. The third kappa shape index (κ3) is 1.91. The summed E-state index contributed by atoms with van der Waals surface area (Å²) in [5.41, 5.74) is 3.23. The van der Waals surface area contributed by atoms with Gasteiger partial charge in [-0.15, -0.1) is 0 Å². The van der Waals surface area contributed by atoms with Gasteiger partial charge in [0.25, 0.3) is 0 Å². The van der Waals surface area contributed by atoms with Crippen LogP contribution < -0.4 is 5.32 Å². The molecular formula is C17H21N3O2. The summed E-state index contributed by atoms with van der Waals surface area (Å²) in [5, 5.41) is 11.0. The molecule has 4 rings (SSSR count). The second-order valence-corrected chi connectivity index (χ2v) is 7.43. The molecule has 1 aliphatic carbocycles. The van der Waals surface area contributed by atoms with Crippen molar-refractivity contribution in [1.82, 2.24) is 10.2 Å². The maximum absolute atomic E-state index is 12.9. The van der Waals surface area contributed by atoms with Crippen molar-refractivity contribution in [3.63, 3.8) is 0 Å². The second kappa shape index (κ2) is 4.48. The first-order valence-corrected chi connectivity index (χ1v) is 7.82. The molecule has 1 fully saturated rings. The molecule has 0 bridgehead atoms. The highest BCUT2D eigenvalue weighted by Gasteiger charge is 2.49. The van der Waals surface area contributed by atoms with Crippen LogP contribution in [0.25, 0.3) is 0 Å². The van der Waals surface area contributed by atoms with E-state index >= 15 is 0 Å². The molecule has 0 radical (unpaired) electrons. The number of carbonyl (C=O) groups excluding carboxylic acids is 1. The Balaban J connectivity index is 1.86. The minimum atomic E-state index is -0.0468. The SMILES string of the molecule is Cc1[nH]nc2c1C(c1ccoc1)C1C(=O)CC(C)(C)CC1N2. The van der Waals surface area contributed by atoms with Crippen molar-refractivity contribution in [3.8, 4) is 0 Å². The van der Waals surface area contributed by atoms with Gasteiger partial charge >= 0.3 is 0 Å².